The monoisotopic (exact) mass is 336 g/mol. The maximum atomic E-state index is 11.5. The molecule has 0 atom stereocenters. The quantitative estimate of drug-likeness (QED) is 0.681. The molecule has 0 aliphatic rings. The fourth-order valence-corrected chi connectivity index (χ4v) is 2.43. The van der Waals surface area contributed by atoms with Gasteiger partial charge in [-0.2, -0.15) is 0 Å². The van der Waals surface area contributed by atoms with Crippen molar-refractivity contribution in [1.82, 2.24) is 10.6 Å². The van der Waals surface area contributed by atoms with Gasteiger partial charge in [0, 0.05) is 23.9 Å². The normalized spacial score (nSPS) is 9.90. The Labute approximate surface area is 136 Å². The molecule has 0 fully saturated rings. The highest BCUT2D eigenvalue weighted by molar-refractivity contribution is 7.99. The lowest BCUT2D eigenvalue weighted by atomic mass is 10.2. The molecule has 3 nitrogen and oxygen atoms in total. The summed E-state index contributed by atoms with van der Waals surface area (Å²) in [6.07, 6.45) is 1.12. The third kappa shape index (κ3) is 9.48. The van der Waals surface area contributed by atoms with Crippen LogP contribution in [0, 0.1) is 0 Å². The molecule has 0 bridgehead atoms. The minimum Gasteiger partial charge on any atom is -0.354 e. The van der Waals surface area contributed by atoms with Gasteiger partial charge in [-0.25, -0.2) is 0 Å². The first-order valence-corrected chi connectivity index (χ1v) is 8.05. The zero-order valence-electron chi connectivity index (χ0n) is 11.7. The molecule has 1 amide bonds. The summed E-state index contributed by atoms with van der Waals surface area (Å²) in [6, 6.07) is 7.72. The van der Waals surface area contributed by atoms with Gasteiger partial charge >= 0.3 is 0 Å². The number of halogens is 2. The van der Waals surface area contributed by atoms with Gasteiger partial charge < -0.3 is 10.6 Å². The number of rotatable bonds is 9. The second-order valence-corrected chi connectivity index (χ2v) is 5.64. The second kappa shape index (κ2) is 12.3. The molecule has 0 unspecified atom stereocenters. The summed E-state index contributed by atoms with van der Waals surface area (Å²) in [5.41, 5.74) is 1.19. The Morgan fingerprint density at radius 1 is 1.20 bits per heavy atom. The fraction of sp³-hybridized carbons (Fsp3) is 0.500. The topological polar surface area (TPSA) is 41.1 Å². The number of amides is 1. The molecule has 6 heteroatoms. The van der Waals surface area contributed by atoms with Crippen molar-refractivity contribution in [3.05, 3.63) is 34.9 Å². The number of hydrogen-bond donors (Lipinski definition) is 2. The van der Waals surface area contributed by atoms with Crippen molar-refractivity contribution in [2.24, 2.45) is 0 Å². The van der Waals surface area contributed by atoms with Crippen LogP contribution in [0.3, 0.4) is 0 Å². The number of carbonyl (C=O) groups excluding carboxylic acids is 1. The van der Waals surface area contributed by atoms with Crippen LogP contribution in [0.1, 0.15) is 18.9 Å². The van der Waals surface area contributed by atoms with Gasteiger partial charge in [-0.1, -0.05) is 30.7 Å². The van der Waals surface area contributed by atoms with Crippen molar-refractivity contribution >= 4 is 41.7 Å². The third-order valence-electron chi connectivity index (χ3n) is 2.47. The summed E-state index contributed by atoms with van der Waals surface area (Å²) in [5.74, 6) is 1.42. The Morgan fingerprint density at radius 3 is 2.55 bits per heavy atom. The number of benzene rings is 1. The summed E-state index contributed by atoms with van der Waals surface area (Å²) in [7, 11) is 0. The van der Waals surface area contributed by atoms with Gasteiger partial charge in [-0.05, 0) is 30.7 Å². The average Bonchev–Trinajstić information content (AvgIpc) is 2.41. The summed E-state index contributed by atoms with van der Waals surface area (Å²) >= 11 is 7.43. The van der Waals surface area contributed by atoms with E-state index in [0.29, 0.717) is 12.3 Å². The summed E-state index contributed by atoms with van der Waals surface area (Å²) in [6.45, 7) is 4.65. The first-order chi connectivity index (χ1) is 9.22. The highest BCUT2D eigenvalue weighted by Crippen LogP contribution is 2.15. The average molecular weight is 337 g/mol. The molecule has 1 aromatic rings. The van der Waals surface area contributed by atoms with Crippen LogP contribution in [-0.2, 0) is 10.5 Å². The SMILES string of the molecule is CCCNCCNC(=O)CSCc1ccc(Cl)cc1.Cl. The van der Waals surface area contributed by atoms with Crippen molar-refractivity contribution in [2.45, 2.75) is 19.1 Å². The Hall–Kier alpha value is -0.420. The van der Waals surface area contributed by atoms with Gasteiger partial charge in [0.1, 0.15) is 0 Å². The third-order valence-corrected chi connectivity index (χ3v) is 3.72. The minimum absolute atomic E-state index is 0. The Bertz CT molecular complexity index is 374. The lowest BCUT2D eigenvalue weighted by Gasteiger charge is -2.06. The van der Waals surface area contributed by atoms with E-state index < -0.39 is 0 Å². The van der Waals surface area contributed by atoms with Crippen LogP contribution in [0.15, 0.2) is 24.3 Å². The summed E-state index contributed by atoms with van der Waals surface area (Å²) in [4.78, 5) is 11.5. The molecule has 0 radical (unpaired) electrons. The van der Waals surface area contributed by atoms with Crippen LogP contribution in [0.2, 0.25) is 5.02 Å². The molecule has 0 aromatic heterocycles. The number of nitrogens with one attached hydrogen (secondary N) is 2. The van der Waals surface area contributed by atoms with E-state index >= 15 is 0 Å². The lowest BCUT2D eigenvalue weighted by Crippen LogP contribution is -2.33. The van der Waals surface area contributed by atoms with E-state index in [-0.39, 0.29) is 18.3 Å². The fourth-order valence-electron chi connectivity index (χ4n) is 1.49. The van der Waals surface area contributed by atoms with Crippen molar-refractivity contribution in [3.63, 3.8) is 0 Å². The molecule has 0 saturated carbocycles. The van der Waals surface area contributed by atoms with E-state index in [2.05, 4.69) is 17.6 Å². The molecular weight excluding hydrogens is 315 g/mol. The number of carbonyl (C=O) groups is 1. The van der Waals surface area contributed by atoms with Crippen LogP contribution in [0.25, 0.3) is 0 Å². The van der Waals surface area contributed by atoms with E-state index in [9.17, 15) is 4.79 Å². The standard InChI is InChI=1S/C14H21ClN2OS.ClH/c1-2-7-16-8-9-17-14(18)11-19-10-12-3-5-13(15)6-4-12;/h3-6,16H,2,7-11H2,1H3,(H,17,18);1H. The van der Waals surface area contributed by atoms with Gasteiger partial charge in [0.15, 0.2) is 0 Å². The van der Waals surface area contributed by atoms with E-state index in [1.807, 2.05) is 24.3 Å². The molecule has 0 saturated heterocycles. The first-order valence-electron chi connectivity index (χ1n) is 6.52. The Kier molecular flexibility index (Phi) is 12.1. The van der Waals surface area contributed by atoms with E-state index in [1.54, 1.807) is 11.8 Å². The van der Waals surface area contributed by atoms with Crippen molar-refractivity contribution < 1.29 is 4.79 Å². The zero-order chi connectivity index (χ0) is 13.9. The number of thioether (sulfide) groups is 1. The van der Waals surface area contributed by atoms with Crippen molar-refractivity contribution in [1.29, 1.82) is 0 Å². The van der Waals surface area contributed by atoms with Gasteiger partial charge in [0.2, 0.25) is 5.91 Å². The molecule has 0 aliphatic heterocycles. The first kappa shape index (κ1) is 19.6. The van der Waals surface area contributed by atoms with Gasteiger partial charge in [-0.15, -0.1) is 24.2 Å². The smallest absolute Gasteiger partial charge is 0.230 e. The molecule has 1 aromatic carbocycles. The largest absolute Gasteiger partial charge is 0.354 e. The van der Waals surface area contributed by atoms with Gasteiger partial charge in [-0.3, -0.25) is 4.79 Å². The van der Waals surface area contributed by atoms with Crippen LogP contribution >= 0.6 is 35.8 Å². The zero-order valence-corrected chi connectivity index (χ0v) is 14.0. The van der Waals surface area contributed by atoms with E-state index in [1.165, 1.54) is 5.56 Å². The van der Waals surface area contributed by atoms with Crippen LogP contribution in [0.5, 0.6) is 0 Å². The predicted octanol–water partition coefficient (Wildman–Crippen LogP) is 3.11. The van der Waals surface area contributed by atoms with E-state index in [4.69, 9.17) is 11.6 Å². The Balaban J connectivity index is 0.00000361. The second-order valence-electron chi connectivity index (χ2n) is 4.22. The molecule has 0 heterocycles. The maximum Gasteiger partial charge on any atom is 0.230 e. The molecule has 2 N–H and O–H groups in total. The van der Waals surface area contributed by atoms with E-state index in [0.717, 1.165) is 30.3 Å². The molecule has 1 rings (SSSR count). The number of hydrogen-bond acceptors (Lipinski definition) is 3. The Morgan fingerprint density at radius 2 is 1.90 bits per heavy atom. The lowest BCUT2D eigenvalue weighted by molar-refractivity contribution is -0.118. The van der Waals surface area contributed by atoms with Gasteiger partial charge in [0.25, 0.3) is 0 Å². The summed E-state index contributed by atoms with van der Waals surface area (Å²) in [5, 5.41) is 6.88. The van der Waals surface area contributed by atoms with Crippen molar-refractivity contribution in [2.75, 3.05) is 25.4 Å². The van der Waals surface area contributed by atoms with Crippen LogP contribution in [0.4, 0.5) is 0 Å². The molecule has 114 valence electrons. The highest BCUT2D eigenvalue weighted by Gasteiger charge is 2.01. The molecular formula is C14H22Cl2N2OS. The molecule has 20 heavy (non-hydrogen) atoms. The minimum atomic E-state index is 0. The maximum absolute atomic E-state index is 11.5. The highest BCUT2D eigenvalue weighted by atomic mass is 35.5. The predicted molar refractivity (Wildman–Crippen MR) is 91.0 cm³/mol. The summed E-state index contributed by atoms with van der Waals surface area (Å²) < 4.78 is 0. The molecule has 0 spiro atoms. The molecule has 0 aliphatic carbocycles. The van der Waals surface area contributed by atoms with Crippen molar-refractivity contribution in [3.8, 4) is 0 Å². The van der Waals surface area contributed by atoms with Crippen LogP contribution < -0.4 is 10.6 Å². The van der Waals surface area contributed by atoms with Gasteiger partial charge in [0.05, 0.1) is 5.75 Å². The van der Waals surface area contributed by atoms with Crippen LogP contribution in [-0.4, -0.2) is 31.3 Å².